The summed E-state index contributed by atoms with van der Waals surface area (Å²) < 4.78 is 12.9. The van der Waals surface area contributed by atoms with Crippen molar-refractivity contribution in [2.75, 3.05) is 0 Å². The minimum atomic E-state index is -1.25. The fourth-order valence-electron chi connectivity index (χ4n) is 1.76. The number of aliphatic carboxylic acids is 1. The third kappa shape index (κ3) is 3.62. The average Bonchev–Trinajstić information content (AvgIpc) is 2.46. The number of nitrogens with one attached hydrogen (secondary N) is 1. The number of hydrogen-bond donors (Lipinski definition) is 2. The topological polar surface area (TPSA) is 79.3 Å². The zero-order valence-electron chi connectivity index (χ0n) is 11.2. The van der Waals surface area contributed by atoms with Gasteiger partial charge in [-0.05, 0) is 36.8 Å². The van der Waals surface area contributed by atoms with Gasteiger partial charge in [-0.15, -0.1) is 0 Å². The molecule has 6 heteroatoms. The molecule has 0 aliphatic rings. The lowest BCUT2D eigenvalue weighted by atomic mass is 10.1. The van der Waals surface area contributed by atoms with Gasteiger partial charge in [-0.1, -0.05) is 12.1 Å². The lowest BCUT2D eigenvalue weighted by Gasteiger charge is -2.15. The molecule has 108 valence electrons. The Hall–Kier alpha value is -2.76. The number of carbonyl (C=O) groups excluding carboxylic acids is 1. The highest BCUT2D eigenvalue weighted by Gasteiger charge is 2.22. The van der Waals surface area contributed by atoms with Crippen molar-refractivity contribution in [1.82, 2.24) is 10.3 Å². The molecule has 2 rings (SSSR count). The van der Waals surface area contributed by atoms with E-state index in [2.05, 4.69) is 10.3 Å². The molecule has 1 atom stereocenters. The Morgan fingerprint density at radius 1 is 1.19 bits per heavy atom. The van der Waals surface area contributed by atoms with Crippen LogP contribution < -0.4 is 5.32 Å². The monoisotopic (exact) mass is 288 g/mol. The molecular weight excluding hydrogens is 275 g/mol. The molecule has 0 saturated heterocycles. The molecule has 5 nitrogen and oxygen atoms in total. The van der Waals surface area contributed by atoms with E-state index in [1.54, 1.807) is 19.1 Å². The third-order valence-corrected chi connectivity index (χ3v) is 2.90. The van der Waals surface area contributed by atoms with E-state index < -0.39 is 23.7 Å². The molecule has 1 amide bonds. The van der Waals surface area contributed by atoms with Crippen molar-refractivity contribution >= 4 is 11.9 Å². The Morgan fingerprint density at radius 2 is 1.86 bits per heavy atom. The zero-order valence-corrected chi connectivity index (χ0v) is 11.2. The van der Waals surface area contributed by atoms with Crippen LogP contribution >= 0.6 is 0 Å². The van der Waals surface area contributed by atoms with Gasteiger partial charge >= 0.3 is 5.97 Å². The quantitative estimate of drug-likeness (QED) is 0.902. The summed E-state index contributed by atoms with van der Waals surface area (Å²) >= 11 is 0. The SMILES string of the molecule is Cc1ccc(C(=O)NC(C(=O)O)c2ccc(F)cc2)cn1. The highest BCUT2D eigenvalue weighted by atomic mass is 19.1. The first-order valence-corrected chi connectivity index (χ1v) is 6.19. The minimum Gasteiger partial charge on any atom is -0.479 e. The second-order valence-electron chi connectivity index (χ2n) is 4.48. The lowest BCUT2D eigenvalue weighted by Crippen LogP contribution is -2.33. The summed E-state index contributed by atoms with van der Waals surface area (Å²) in [5.41, 5.74) is 1.30. The third-order valence-electron chi connectivity index (χ3n) is 2.90. The van der Waals surface area contributed by atoms with Crippen LogP contribution in [-0.4, -0.2) is 22.0 Å². The Kier molecular flexibility index (Phi) is 4.27. The van der Waals surface area contributed by atoms with Crippen molar-refractivity contribution in [3.63, 3.8) is 0 Å². The van der Waals surface area contributed by atoms with E-state index in [1.807, 2.05) is 0 Å². The van der Waals surface area contributed by atoms with Crippen LogP contribution in [0.15, 0.2) is 42.6 Å². The summed E-state index contributed by atoms with van der Waals surface area (Å²) in [7, 11) is 0. The van der Waals surface area contributed by atoms with Gasteiger partial charge in [0.25, 0.3) is 5.91 Å². The summed E-state index contributed by atoms with van der Waals surface area (Å²) in [5, 5.41) is 11.6. The number of carboxylic acid groups (broad SMARTS) is 1. The van der Waals surface area contributed by atoms with E-state index in [0.717, 1.165) is 17.8 Å². The number of aromatic nitrogens is 1. The molecule has 1 aromatic carbocycles. The molecule has 0 spiro atoms. The molecule has 2 N–H and O–H groups in total. The molecular formula is C15H13FN2O3. The van der Waals surface area contributed by atoms with Crippen molar-refractivity contribution in [2.45, 2.75) is 13.0 Å². The molecule has 0 aliphatic carbocycles. The van der Waals surface area contributed by atoms with E-state index >= 15 is 0 Å². The number of rotatable bonds is 4. The number of carboxylic acids is 1. The fourth-order valence-corrected chi connectivity index (χ4v) is 1.76. The first kappa shape index (κ1) is 14.6. The number of pyridine rings is 1. The average molecular weight is 288 g/mol. The van der Waals surface area contributed by atoms with E-state index in [4.69, 9.17) is 0 Å². The number of amides is 1. The first-order chi connectivity index (χ1) is 9.97. The molecule has 0 radical (unpaired) electrons. The maximum atomic E-state index is 12.9. The maximum absolute atomic E-state index is 12.9. The Bertz CT molecular complexity index is 654. The highest BCUT2D eigenvalue weighted by molar-refractivity contribution is 5.96. The van der Waals surface area contributed by atoms with Crippen LogP contribution in [0, 0.1) is 12.7 Å². The Labute approximate surface area is 120 Å². The predicted molar refractivity (Wildman–Crippen MR) is 73.2 cm³/mol. The minimum absolute atomic E-state index is 0.258. The molecule has 0 saturated carbocycles. The van der Waals surface area contributed by atoms with E-state index in [1.165, 1.54) is 18.3 Å². The number of halogens is 1. The van der Waals surface area contributed by atoms with Gasteiger partial charge in [0, 0.05) is 11.9 Å². The second kappa shape index (κ2) is 6.13. The van der Waals surface area contributed by atoms with E-state index in [9.17, 15) is 19.1 Å². The molecule has 1 heterocycles. The van der Waals surface area contributed by atoms with Gasteiger partial charge in [0.05, 0.1) is 5.56 Å². The lowest BCUT2D eigenvalue weighted by molar-refractivity contribution is -0.139. The zero-order chi connectivity index (χ0) is 15.4. The van der Waals surface area contributed by atoms with Crippen molar-refractivity contribution in [2.24, 2.45) is 0 Å². The number of nitrogens with zero attached hydrogens (tertiary/aromatic N) is 1. The number of hydrogen-bond acceptors (Lipinski definition) is 3. The van der Waals surface area contributed by atoms with Crippen LogP contribution in [0.4, 0.5) is 4.39 Å². The first-order valence-electron chi connectivity index (χ1n) is 6.19. The van der Waals surface area contributed by atoms with Crippen LogP contribution in [0.5, 0.6) is 0 Å². The molecule has 2 aromatic rings. The van der Waals surface area contributed by atoms with Gasteiger partial charge in [-0.3, -0.25) is 9.78 Å². The van der Waals surface area contributed by atoms with Crippen LogP contribution in [0.2, 0.25) is 0 Å². The van der Waals surface area contributed by atoms with Gasteiger partial charge in [0.2, 0.25) is 0 Å². The molecule has 1 aromatic heterocycles. The number of aryl methyl sites for hydroxylation is 1. The molecule has 21 heavy (non-hydrogen) atoms. The van der Waals surface area contributed by atoms with Crippen molar-refractivity contribution in [1.29, 1.82) is 0 Å². The van der Waals surface area contributed by atoms with Gasteiger partial charge in [-0.25, -0.2) is 9.18 Å². The smallest absolute Gasteiger partial charge is 0.330 e. The van der Waals surface area contributed by atoms with Crippen molar-refractivity contribution in [3.05, 3.63) is 65.2 Å². The van der Waals surface area contributed by atoms with Crippen LogP contribution in [0.1, 0.15) is 27.7 Å². The second-order valence-corrected chi connectivity index (χ2v) is 4.48. The largest absolute Gasteiger partial charge is 0.479 e. The summed E-state index contributed by atoms with van der Waals surface area (Å²) in [4.78, 5) is 27.3. The van der Waals surface area contributed by atoms with Crippen LogP contribution in [0.25, 0.3) is 0 Å². The standard InChI is InChI=1S/C15H13FN2O3/c1-9-2-3-11(8-17-9)14(19)18-13(15(20)21)10-4-6-12(16)7-5-10/h2-8,13H,1H3,(H,18,19)(H,20,21). The summed E-state index contributed by atoms with van der Waals surface area (Å²) in [5.74, 6) is -2.26. The fraction of sp³-hybridized carbons (Fsp3) is 0.133. The summed E-state index contributed by atoms with van der Waals surface area (Å²) in [6, 6.07) is 6.89. The van der Waals surface area contributed by atoms with Crippen molar-refractivity contribution < 1.29 is 19.1 Å². The molecule has 1 unspecified atom stereocenters. The number of benzene rings is 1. The van der Waals surface area contributed by atoms with E-state index in [0.29, 0.717) is 0 Å². The highest BCUT2D eigenvalue weighted by Crippen LogP contribution is 2.15. The van der Waals surface area contributed by atoms with Crippen LogP contribution in [-0.2, 0) is 4.79 Å². The summed E-state index contributed by atoms with van der Waals surface area (Å²) in [6.07, 6.45) is 1.37. The Balaban J connectivity index is 2.20. The van der Waals surface area contributed by atoms with E-state index in [-0.39, 0.29) is 11.1 Å². The predicted octanol–water partition coefficient (Wildman–Crippen LogP) is 2.08. The Morgan fingerprint density at radius 3 is 2.38 bits per heavy atom. The van der Waals surface area contributed by atoms with Gasteiger partial charge in [0.1, 0.15) is 5.82 Å². The summed E-state index contributed by atoms with van der Waals surface area (Å²) in [6.45, 7) is 1.78. The molecule has 0 bridgehead atoms. The molecule has 0 aliphatic heterocycles. The van der Waals surface area contributed by atoms with Gasteiger partial charge < -0.3 is 10.4 Å². The van der Waals surface area contributed by atoms with Gasteiger partial charge in [0.15, 0.2) is 6.04 Å². The van der Waals surface area contributed by atoms with Crippen molar-refractivity contribution in [3.8, 4) is 0 Å². The normalized spacial score (nSPS) is 11.7. The molecule has 0 fully saturated rings. The van der Waals surface area contributed by atoms with Gasteiger partial charge in [-0.2, -0.15) is 0 Å². The maximum Gasteiger partial charge on any atom is 0.330 e. The number of carbonyl (C=O) groups is 2. The van der Waals surface area contributed by atoms with Crippen LogP contribution in [0.3, 0.4) is 0 Å².